The Labute approximate surface area is 114 Å². The maximum absolute atomic E-state index is 5.55. The normalized spacial score (nSPS) is 28.9. The average molecular weight is 249 g/mol. The summed E-state index contributed by atoms with van der Waals surface area (Å²) >= 11 is 0. The summed E-state index contributed by atoms with van der Waals surface area (Å²) in [4.78, 5) is 0. The minimum absolute atomic E-state index is 0.223. The van der Waals surface area contributed by atoms with Crippen LogP contribution in [0.4, 0.5) is 0 Å². The molecule has 0 heterocycles. The molecule has 1 N–H and O–H groups in total. The van der Waals surface area contributed by atoms with Gasteiger partial charge in [0.1, 0.15) is 0 Å². The molecule has 0 aromatic carbocycles. The van der Waals surface area contributed by atoms with E-state index in [-0.39, 0.29) is 5.54 Å². The van der Waals surface area contributed by atoms with Crippen molar-refractivity contribution in [3.8, 4) is 12.3 Å². The Morgan fingerprint density at radius 3 is 2.50 bits per heavy atom. The summed E-state index contributed by atoms with van der Waals surface area (Å²) in [5.41, 5.74) is 0.223. The third kappa shape index (κ3) is 5.44. The molecule has 0 spiro atoms. The summed E-state index contributed by atoms with van der Waals surface area (Å²) in [6.07, 6.45) is 13.4. The van der Waals surface area contributed by atoms with E-state index < -0.39 is 0 Å². The van der Waals surface area contributed by atoms with Crippen molar-refractivity contribution < 1.29 is 0 Å². The number of rotatable bonds is 5. The van der Waals surface area contributed by atoms with Crippen molar-refractivity contribution in [3.05, 3.63) is 0 Å². The highest BCUT2D eigenvalue weighted by atomic mass is 14.9. The molecule has 1 aliphatic rings. The van der Waals surface area contributed by atoms with Crippen molar-refractivity contribution in [2.75, 3.05) is 6.54 Å². The Balaban J connectivity index is 2.49. The van der Waals surface area contributed by atoms with Crippen LogP contribution < -0.4 is 5.32 Å². The van der Waals surface area contributed by atoms with Crippen LogP contribution in [0.3, 0.4) is 0 Å². The van der Waals surface area contributed by atoms with Crippen LogP contribution in [0.25, 0.3) is 0 Å². The van der Waals surface area contributed by atoms with Gasteiger partial charge in [-0.15, -0.1) is 12.3 Å². The Kier molecular flexibility index (Phi) is 6.22. The lowest BCUT2D eigenvalue weighted by Crippen LogP contribution is -2.42. The first-order valence-electron chi connectivity index (χ1n) is 7.64. The zero-order chi connectivity index (χ0) is 13.6. The number of hydrogen-bond donors (Lipinski definition) is 1. The van der Waals surface area contributed by atoms with Crippen LogP contribution >= 0.6 is 0 Å². The molecule has 1 saturated carbocycles. The van der Waals surface area contributed by atoms with E-state index in [1.165, 1.54) is 32.1 Å². The molecule has 104 valence electrons. The van der Waals surface area contributed by atoms with Crippen molar-refractivity contribution in [3.63, 3.8) is 0 Å². The van der Waals surface area contributed by atoms with Gasteiger partial charge in [-0.1, -0.05) is 26.2 Å². The number of nitrogens with one attached hydrogen (secondary N) is 1. The van der Waals surface area contributed by atoms with E-state index in [0.717, 1.165) is 30.7 Å². The summed E-state index contributed by atoms with van der Waals surface area (Å²) in [6.45, 7) is 10.2. The van der Waals surface area contributed by atoms with Crippen LogP contribution in [0.5, 0.6) is 0 Å². The van der Waals surface area contributed by atoms with Crippen LogP contribution in [0.15, 0.2) is 0 Å². The molecule has 0 bridgehead atoms. The molecule has 1 aliphatic carbocycles. The molecule has 0 radical (unpaired) electrons. The molecule has 1 rings (SSSR count). The van der Waals surface area contributed by atoms with E-state index in [9.17, 15) is 0 Å². The zero-order valence-corrected chi connectivity index (χ0v) is 12.8. The second-order valence-corrected chi connectivity index (χ2v) is 7.03. The number of hydrogen-bond acceptors (Lipinski definition) is 1. The quantitative estimate of drug-likeness (QED) is 0.719. The van der Waals surface area contributed by atoms with Gasteiger partial charge in [-0.3, -0.25) is 0 Å². The topological polar surface area (TPSA) is 12.0 Å². The summed E-state index contributed by atoms with van der Waals surface area (Å²) in [5.74, 6) is 5.36. The van der Waals surface area contributed by atoms with Gasteiger partial charge >= 0.3 is 0 Å². The molecule has 1 fully saturated rings. The fourth-order valence-electron chi connectivity index (χ4n) is 3.20. The first kappa shape index (κ1) is 15.6. The van der Waals surface area contributed by atoms with Gasteiger partial charge in [0.25, 0.3) is 0 Å². The Hall–Kier alpha value is -0.480. The largest absolute Gasteiger partial charge is 0.312 e. The van der Waals surface area contributed by atoms with E-state index in [2.05, 4.69) is 38.9 Å². The second-order valence-electron chi connectivity index (χ2n) is 7.03. The maximum atomic E-state index is 5.55. The Bertz CT molecular complexity index is 268. The predicted molar refractivity (Wildman–Crippen MR) is 80.4 cm³/mol. The lowest BCUT2D eigenvalue weighted by atomic mass is 9.71. The molecule has 1 heteroatoms. The van der Waals surface area contributed by atoms with Gasteiger partial charge in [0.05, 0.1) is 0 Å². The molecule has 0 saturated heterocycles. The molecular formula is C17H31N. The summed E-state index contributed by atoms with van der Waals surface area (Å²) in [7, 11) is 0. The fraction of sp³-hybridized carbons (Fsp3) is 0.882. The summed E-state index contributed by atoms with van der Waals surface area (Å²) < 4.78 is 0. The SMILES string of the molecule is C#CCC1CC(CCC)CCC1CNC(C)(C)C. The van der Waals surface area contributed by atoms with E-state index in [0.29, 0.717) is 0 Å². The highest BCUT2D eigenvalue weighted by Gasteiger charge is 2.30. The molecular weight excluding hydrogens is 218 g/mol. The molecule has 18 heavy (non-hydrogen) atoms. The first-order valence-corrected chi connectivity index (χ1v) is 7.64. The minimum Gasteiger partial charge on any atom is -0.312 e. The smallest absolute Gasteiger partial charge is 0.0118 e. The first-order chi connectivity index (χ1) is 8.46. The third-order valence-electron chi connectivity index (χ3n) is 4.22. The van der Waals surface area contributed by atoms with Crippen molar-refractivity contribution in [1.29, 1.82) is 0 Å². The van der Waals surface area contributed by atoms with Gasteiger partial charge in [-0.05, 0) is 57.9 Å². The highest BCUT2D eigenvalue weighted by Crippen LogP contribution is 2.37. The second kappa shape index (κ2) is 7.19. The maximum Gasteiger partial charge on any atom is 0.0118 e. The Morgan fingerprint density at radius 2 is 1.94 bits per heavy atom. The zero-order valence-electron chi connectivity index (χ0n) is 12.8. The molecule has 0 amide bonds. The van der Waals surface area contributed by atoms with Gasteiger partial charge in [-0.25, -0.2) is 0 Å². The van der Waals surface area contributed by atoms with E-state index in [1.807, 2.05) is 0 Å². The van der Waals surface area contributed by atoms with Gasteiger partial charge in [-0.2, -0.15) is 0 Å². The Morgan fingerprint density at radius 1 is 1.22 bits per heavy atom. The minimum atomic E-state index is 0.223. The van der Waals surface area contributed by atoms with Crippen LogP contribution in [0.2, 0.25) is 0 Å². The molecule has 0 aromatic rings. The van der Waals surface area contributed by atoms with Crippen molar-refractivity contribution >= 4 is 0 Å². The summed E-state index contributed by atoms with van der Waals surface area (Å²) in [5, 5.41) is 3.66. The van der Waals surface area contributed by atoms with Crippen molar-refractivity contribution in [2.45, 2.75) is 71.8 Å². The summed E-state index contributed by atoms with van der Waals surface area (Å²) in [6, 6.07) is 0. The van der Waals surface area contributed by atoms with Crippen molar-refractivity contribution in [2.24, 2.45) is 17.8 Å². The average Bonchev–Trinajstić information content (AvgIpc) is 2.28. The van der Waals surface area contributed by atoms with Crippen LogP contribution in [-0.2, 0) is 0 Å². The lowest BCUT2D eigenvalue weighted by Gasteiger charge is -2.37. The van der Waals surface area contributed by atoms with Crippen LogP contribution in [0, 0.1) is 30.1 Å². The molecule has 3 atom stereocenters. The molecule has 0 aliphatic heterocycles. The monoisotopic (exact) mass is 249 g/mol. The lowest BCUT2D eigenvalue weighted by molar-refractivity contribution is 0.163. The molecule has 0 aromatic heterocycles. The molecule has 1 nitrogen and oxygen atoms in total. The van der Waals surface area contributed by atoms with E-state index in [4.69, 9.17) is 6.42 Å². The van der Waals surface area contributed by atoms with E-state index in [1.54, 1.807) is 0 Å². The van der Waals surface area contributed by atoms with Crippen molar-refractivity contribution in [1.82, 2.24) is 5.32 Å². The van der Waals surface area contributed by atoms with Gasteiger partial charge in [0.2, 0.25) is 0 Å². The van der Waals surface area contributed by atoms with Crippen LogP contribution in [-0.4, -0.2) is 12.1 Å². The van der Waals surface area contributed by atoms with Gasteiger partial charge in [0.15, 0.2) is 0 Å². The standard InChI is InChI=1S/C17H31N/c1-6-8-14-10-11-16(13-18-17(3,4)5)15(12-14)9-7-2/h2,14-16,18H,6,8-13H2,1,3-5H3. The third-order valence-corrected chi connectivity index (χ3v) is 4.22. The van der Waals surface area contributed by atoms with E-state index >= 15 is 0 Å². The predicted octanol–water partition coefficient (Wildman–Crippen LogP) is 4.23. The molecule has 3 unspecified atom stereocenters. The fourth-order valence-corrected chi connectivity index (χ4v) is 3.20. The highest BCUT2D eigenvalue weighted by molar-refractivity contribution is 4.93. The number of terminal acetylenes is 1. The van der Waals surface area contributed by atoms with Gasteiger partial charge in [0, 0.05) is 12.0 Å². The van der Waals surface area contributed by atoms with Crippen LogP contribution in [0.1, 0.15) is 66.2 Å². The van der Waals surface area contributed by atoms with Gasteiger partial charge < -0.3 is 5.32 Å².